The average molecular weight is 373 g/mol. The minimum absolute atomic E-state index is 0.0856. The molecule has 1 saturated heterocycles. The van der Waals surface area contributed by atoms with Crippen LogP contribution in [-0.4, -0.2) is 44.0 Å². The molecular weight excluding hydrogens is 349 g/mol. The summed E-state index contributed by atoms with van der Waals surface area (Å²) in [7, 11) is 0. The molecular formula is C20H24FN3O3. The third-order valence-electron chi connectivity index (χ3n) is 4.55. The van der Waals surface area contributed by atoms with Crippen molar-refractivity contribution in [3.8, 4) is 0 Å². The van der Waals surface area contributed by atoms with Gasteiger partial charge in [-0.1, -0.05) is 18.2 Å². The molecule has 144 valence electrons. The number of aryl methyl sites for hydroxylation is 1. The standard InChI is InChI=1S/C20H24FN3O3/c1-14-12-15(24-8-10-27-11-9-24)6-7-18(14)23-20(26)22-13-19(25)16-4-2-3-5-17(16)21/h2-7,12,19,25H,8-11,13H2,1H3,(H2,22,23,26)/t19-/m0/s1. The Balaban J connectivity index is 1.55. The molecule has 1 aliphatic rings. The predicted molar refractivity (Wildman–Crippen MR) is 103 cm³/mol. The number of urea groups is 1. The average Bonchev–Trinajstić information content (AvgIpc) is 2.69. The van der Waals surface area contributed by atoms with Gasteiger partial charge in [-0.3, -0.25) is 0 Å². The second kappa shape index (κ2) is 8.83. The van der Waals surface area contributed by atoms with Crippen molar-refractivity contribution in [1.82, 2.24) is 5.32 Å². The molecule has 0 aliphatic carbocycles. The van der Waals surface area contributed by atoms with Crippen LogP contribution in [0.1, 0.15) is 17.2 Å². The molecule has 0 unspecified atom stereocenters. The number of halogens is 1. The molecule has 3 rings (SSSR count). The number of nitrogens with one attached hydrogen (secondary N) is 2. The van der Waals surface area contributed by atoms with E-state index in [0.29, 0.717) is 18.9 Å². The van der Waals surface area contributed by atoms with Crippen LogP contribution in [0.2, 0.25) is 0 Å². The number of rotatable bonds is 5. The maximum absolute atomic E-state index is 13.7. The molecule has 1 heterocycles. The van der Waals surface area contributed by atoms with Crippen molar-refractivity contribution in [3.63, 3.8) is 0 Å². The Morgan fingerprint density at radius 1 is 1.26 bits per heavy atom. The van der Waals surface area contributed by atoms with Crippen LogP contribution in [0.4, 0.5) is 20.6 Å². The quantitative estimate of drug-likeness (QED) is 0.754. The van der Waals surface area contributed by atoms with Crippen LogP contribution < -0.4 is 15.5 Å². The first-order valence-electron chi connectivity index (χ1n) is 8.95. The van der Waals surface area contributed by atoms with Gasteiger partial charge in [0, 0.05) is 36.6 Å². The van der Waals surface area contributed by atoms with Crippen LogP contribution in [0.25, 0.3) is 0 Å². The second-order valence-corrected chi connectivity index (χ2v) is 6.47. The minimum atomic E-state index is -1.11. The zero-order chi connectivity index (χ0) is 19.2. The fourth-order valence-corrected chi connectivity index (χ4v) is 3.02. The fourth-order valence-electron chi connectivity index (χ4n) is 3.02. The molecule has 1 atom stereocenters. The molecule has 6 nitrogen and oxygen atoms in total. The molecule has 0 saturated carbocycles. The van der Waals surface area contributed by atoms with E-state index in [1.165, 1.54) is 12.1 Å². The highest BCUT2D eigenvalue weighted by molar-refractivity contribution is 5.90. The number of carbonyl (C=O) groups excluding carboxylic acids is 1. The number of hydrogen-bond acceptors (Lipinski definition) is 4. The summed E-state index contributed by atoms with van der Waals surface area (Å²) in [6.07, 6.45) is -1.11. The maximum Gasteiger partial charge on any atom is 0.319 e. The number of amides is 2. The van der Waals surface area contributed by atoms with E-state index in [9.17, 15) is 14.3 Å². The number of aliphatic hydroxyl groups is 1. The second-order valence-electron chi connectivity index (χ2n) is 6.47. The molecule has 2 aromatic rings. The third-order valence-corrected chi connectivity index (χ3v) is 4.55. The molecule has 3 N–H and O–H groups in total. The van der Waals surface area contributed by atoms with Crippen molar-refractivity contribution in [2.24, 2.45) is 0 Å². The van der Waals surface area contributed by atoms with Crippen molar-refractivity contribution in [2.75, 3.05) is 43.1 Å². The van der Waals surface area contributed by atoms with Gasteiger partial charge in [0.1, 0.15) is 5.82 Å². The smallest absolute Gasteiger partial charge is 0.319 e. The monoisotopic (exact) mass is 373 g/mol. The van der Waals surface area contributed by atoms with Crippen molar-refractivity contribution in [1.29, 1.82) is 0 Å². The van der Waals surface area contributed by atoms with E-state index in [1.54, 1.807) is 12.1 Å². The highest BCUT2D eigenvalue weighted by atomic mass is 19.1. The van der Waals surface area contributed by atoms with Gasteiger partial charge < -0.3 is 25.4 Å². The summed E-state index contributed by atoms with van der Waals surface area (Å²) >= 11 is 0. The van der Waals surface area contributed by atoms with Crippen molar-refractivity contribution in [2.45, 2.75) is 13.0 Å². The zero-order valence-corrected chi connectivity index (χ0v) is 15.2. The van der Waals surface area contributed by atoms with Gasteiger partial charge in [0.25, 0.3) is 0 Å². The molecule has 27 heavy (non-hydrogen) atoms. The first-order chi connectivity index (χ1) is 13.0. The zero-order valence-electron chi connectivity index (χ0n) is 15.2. The summed E-state index contributed by atoms with van der Waals surface area (Å²) < 4.78 is 19.0. The number of carbonyl (C=O) groups is 1. The Bertz CT molecular complexity index is 794. The van der Waals surface area contributed by atoms with Crippen LogP contribution in [-0.2, 0) is 4.74 Å². The summed E-state index contributed by atoms with van der Waals surface area (Å²) in [6.45, 7) is 4.96. The van der Waals surface area contributed by atoms with Crippen LogP contribution in [0.15, 0.2) is 42.5 Å². The Labute approximate surface area is 157 Å². The van der Waals surface area contributed by atoms with Crippen molar-refractivity contribution >= 4 is 17.4 Å². The van der Waals surface area contributed by atoms with E-state index in [2.05, 4.69) is 15.5 Å². The van der Waals surface area contributed by atoms with Gasteiger partial charge >= 0.3 is 6.03 Å². The van der Waals surface area contributed by atoms with Gasteiger partial charge in [-0.2, -0.15) is 0 Å². The maximum atomic E-state index is 13.7. The number of ether oxygens (including phenoxy) is 1. The predicted octanol–water partition coefficient (Wildman–Crippen LogP) is 2.83. The molecule has 7 heteroatoms. The van der Waals surface area contributed by atoms with E-state index in [-0.39, 0.29) is 12.1 Å². The summed E-state index contributed by atoms with van der Waals surface area (Å²) in [6, 6.07) is 11.3. The Hall–Kier alpha value is -2.64. The first kappa shape index (κ1) is 19.1. The summed E-state index contributed by atoms with van der Waals surface area (Å²) in [4.78, 5) is 14.4. The van der Waals surface area contributed by atoms with Gasteiger partial charge in [-0.15, -0.1) is 0 Å². The lowest BCUT2D eigenvalue weighted by Gasteiger charge is -2.29. The van der Waals surface area contributed by atoms with Crippen LogP contribution in [0, 0.1) is 12.7 Å². The number of nitrogens with zero attached hydrogens (tertiary/aromatic N) is 1. The molecule has 0 aromatic heterocycles. The molecule has 2 aromatic carbocycles. The lowest BCUT2D eigenvalue weighted by Crippen LogP contribution is -2.36. The SMILES string of the molecule is Cc1cc(N2CCOCC2)ccc1NC(=O)NC[C@H](O)c1ccccc1F. The summed E-state index contributed by atoms with van der Waals surface area (Å²) in [5.74, 6) is -0.498. The van der Waals surface area contributed by atoms with Gasteiger partial charge in [0.15, 0.2) is 0 Å². The van der Waals surface area contributed by atoms with E-state index in [4.69, 9.17) is 4.74 Å². The first-order valence-corrected chi connectivity index (χ1v) is 8.95. The molecule has 0 bridgehead atoms. The number of morpholine rings is 1. The Kier molecular flexibility index (Phi) is 6.26. The fraction of sp³-hybridized carbons (Fsp3) is 0.350. The number of anilines is 2. The number of aliphatic hydroxyl groups excluding tert-OH is 1. The number of hydrogen-bond donors (Lipinski definition) is 3. The molecule has 0 spiro atoms. The molecule has 2 amide bonds. The van der Waals surface area contributed by atoms with Crippen molar-refractivity contribution < 1.29 is 19.0 Å². The molecule has 0 radical (unpaired) electrons. The van der Waals surface area contributed by atoms with E-state index < -0.39 is 18.0 Å². The lowest BCUT2D eigenvalue weighted by molar-refractivity contribution is 0.122. The van der Waals surface area contributed by atoms with Crippen molar-refractivity contribution in [3.05, 3.63) is 59.4 Å². The lowest BCUT2D eigenvalue weighted by atomic mass is 10.1. The Morgan fingerprint density at radius 2 is 2.00 bits per heavy atom. The van der Waals surface area contributed by atoms with Gasteiger partial charge in [-0.25, -0.2) is 9.18 Å². The molecule has 1 aliphatic heterocycles. The largest absolute Gasteiger partial charge is 0.386 e. The normalized spacial score (nSPS) is 15.3. The summed E-state index contributed by atoms with van der Waals surface area (Å²) in [5, 5.41) is 15.4. The van der Waals surface area contributed by atoms with Gasteiger partial charge in [0.2, 0.25) is 0 Å². The highest BCUT2D eigenvalue weighted by Gasteiger charge is 2.15. The highest BCUT2D eigenvalue weighted by Crippen LogP contribution is 2.23. The van der Waals surface area contributed by atoms with Gasteiger partial charge in [-0.05, 0) is 36.8 Å². The topological polar surface area (TPSA) is 73.8 Å². The van der Waals surface area contributed by atoms with Crippen LogP contribution in [0.3, 0.4) is 0 Å². The minimum Gasteiger partial charge on any atom is -0.386 e. The summed E-state index contributed by atoms with van der Waals surface area (Å²) in [5.41, 5.74) is 2.87. The van der Waals surface area contributed by atoms with E-state index in [0.717, 1.165) is 24.3 Å². The van der Waals surface area contributed by atoms with Crippen LogP contribution >= 0.6 is 0 Å². The number of benzene rings is 2. The van der Waals surface area contributed by atoms with Crippen LogP contribution in [0.5, 0.6) is 0 Å². The van der Waals surface area contributed by atoms with E-state index in [1.807, 2.05) is 25.1 Å². The van der Waals surface area contributed by atoms with E-state index >= 15 is 0 Å². The third kappa shape index (κ3) is 4.96. The molecule has 1 fully saturated rings. The van der Waals surface area contributed by atoms with Gasteiger partial charge in [0.05, 0.1) is 19.3 Å². The Morgan fingerprint density at radius 3 is 2.70 bits per heavy atom.